The molecule has 0 aliphatic rings. The molecular formula is C60H99O11P. The second-order valence-corrected chi connectivity index (χ2v) is 19.4. The molecule has 3 unspecified atom stereocenters. The minimum Gasteiger partial charge on any atom is -0.461 e. The number of esters is 3. The highest BCUT2D eigenvalue weighted by molar-refractivity contribution is 7.47. The van der Waals surface area contributed by atoms with Crippen molar-refractivity contribution in [1.29, 1.82) is 0 Å². The van der Waals surface area contributed by atoms with Crippen LogP contribution < -0.4 is 0 Å². The average molecular weight is 1030 g/mol. The molecule has 410 valence electrons. The Kier molecular flexibility index (Phi) is 50.6. The van der Waals surface area contributed by atoms with E-state index in [1.54, 1.807) is 6.08 Å². The Balaban J connectivity index is 4.87. The molecule has 0 saturated carbocycles. The fourth-order valence-corrected chi connectivity index (χ4v) is 7.81. The van der Waals surface area contributed by atoms with E-state index < -0.39 is 64.4 Å². The Labute approximate surface area is 437 Å². The summed E-state index contributed by atoms with van der Waals surface area (Å²) >= 11 is 0. The number of carbonyl (C=O) groups is 3. The molecule has 0 aromatic rings. The number of aliphatic hydroxyl groups is 1. The highest BCUT2D eigenvalue weighted by Crippen LogP contribution is 2.43. The van der Waals surface area contributed by atoms with Crippen molar-refractivity contribution in [3.8, 4) is 0 Å². The van der Waals surface area contributed by atoms with Gasteiger partial charge in [-0.2, -0.15) is 0 Å². The van der Waals surface area contributed by atoms with Gasteiger partial charge in [-0.1, -0.05) is 201 Å². The van der Waals surface area contributed by atoms with Gasteiger partial charge in [-0.15, -0.1) is 0 Å². The zero-order chi connectivity index (χ0) is 52.7. The van der Waals surface area contributed by atoms with Crippen molar-refractivity contribution in [3.05, 3.63) is 109 Å². The van der Waals surface area contributed by atoms with Crippen LogP contribution in [0.15, 0.2) is 109 Å². The quantitative estimate of drug-likeness (QED) is 0.0197. The molecule has 3 atom stereocenters. The van der Waals surface area contributed by atoms with Gasteiger partial charge in [0.25, 0.3) is 0 Å². The smallest absolute Gasteiger partial charge is 0.461 e. The number of aliphatic hydroxyl groups excluding tert-OH is 1. The van der Waals surface area contributed by atoms with Crippen LogP contribution in [-0.4, -0.2) is 66.5 Å². The van der Waals surface area contributed by atoms with Crippen LogP contribution in [0.2, 0.25) is 0 Å². The fourth-order valence-electron chi connectivity index (χ4n) is 7.03. The summed E-state index contributed by atoms with van der Waals surface area (Å²) in [6, 6.07) is 0. The molecule has 0 saturated heterocycles. The molecule has 2 N–H and O–H groups in total. The van der Waals surface area contributed by atoms with Crippen LogP contribution in [-0.2, 0) is 42.2 Å². The van der Waals surface area contributed by atoms with Crippen LogP contribution in [0.4, 0.5) is 0 Å². The fraction of sp³-hybridized carbons (Fsp3) is 0.650. The lowest BCUT2D eigenvalue weighted by Crippen LogP contribution is -2.30. The lowest BCUT2D eigenvalue weighted by molar-refractivity contribution is -0.161. The molecule has 0 aromatic carbocycles. The number of ether oxygens (including phenoxy) is 3. The Bertz CT molecular complexity index is 1620. The Hall–Kier alpha value is -3.86. The van der Waals surface area contributed by atoms with Crippen molar-refractivity contribution in [2.75, 3.05) is 26.4 Å². The summed E-state index contributed by atoms with van der Waals surface area (Å²) < 4.78 is 39.3. The van der Waals surface area contributed by atoms with E-state index in [1.165, 1.54) is 25.7 Å². The first-order chi connectivity index (χ1) is 35.2. The maximum absolute atomic E-state index is 12.9. The summed E-state index contributed by atoms with van der Waals surface area (Å²) in [6.07, 6.45) is 63.6. The normalized spacial score (nSPS) is 14.2. The summed E-state index contributed by atoms with van der Waals surface area (Å²) in [4.78, 5) is 48.4. The van der Waals surface area contributed by atoms with E-state index in [0.29, 0.717) is 19.3 Å². The van der Waals surface area contributed by atoms with Crippen LogP contribution in [0, 0.1) is 0 Å². The Morgan fingerprint density at radius 1 is 0.417 bits per heavy atom. The molecule has 0 aliphatic heterocycles. The van der Waals surface area contributed by atoms with Gasteiger partial charge < -0.3 is 24.2 Å². The molecule has 0 radical (unpaired) electrons. The molecule has 0 rings (SSSR count). The summed E-state index contributed by atoms with van der Waals surface area (Å²) in [6.45, 7) is 4.26. The molecule has 12 heteroatoms. The Morgan fingerprint density at radius 2 is 0.764 bits per heavy atom. The number of carbonyl (C=O) groups excluding carboxylic acids is 3. The molecule has 0 aromatic heterocycles. The number of hydrogen-bond donors (Lipinski definition) is 2. The van der Waals surface area contributed by atoms with Crippen molar-refractivity contribution in [2.45, 2.75) is 226 Å². The summed E-state index contributed by atoms with van der Waals surface area (Å²) in [5.74, 6) is -1.65. The molecule has 0 heterocycles. The number of hydrogen-bond acceptors (Lipinski definition) is 10. The first kappa shape index (κ1) is 68.1. The second-order valence-electron chi connectivity index (χ2n) is 18.0. The Morgan fingerprint density at radius 3 is 1.19 bits per heavy atom. The zero-order valence-electron chi connectivity index (χ0n) is 45.1. The first-order valence-corrected chi connectivity index (χ1v) is 29.3. The minimum absolute atomic E-state index is 0.0131. The van der Waals surface area contributed by atoms with E-state index in [0.717, 1.165) is 128 Å². The predicted octanol–water partition coefficient (Wildman–Crippen LogP) is 16.2. The zero-order valence-corrected chi connectivity index (χ0v) is 46.0. The largest absolute Gasteiger partial charge is 0.472 e. The summed E-state index contributed by atoms with van der Waals surface area (Å²) in [7, 11) is -4.78. The highest BCUT2D eigenvalue weighted by Gasteiger charge is 2.28. The maximum Gasteiger partial charge on any atom is 0.472 e. The van der Waals surface area contributed by atoms with Crippen LogP contribution in [0.1, 0.15) is 213 Å². The lowest BCUT2D eigenvalue weighted by Gasteiger charge is -2.21. The lowest BCUT2D eigenvalue weighted by atomic mass is 10.1. The molecule has 0 bridgehead atoms. The molecule has 0 fully saturated rings. The molecule has 0 spiro atoms. The highest BCUT2D eigenvalue weighted by atomic mass is 31.2. The minimum atomic E-state index is -4.78. The van der Waals surface area contributed by atoms with Crippen molar-refractivity contribution in [2.24, 2.45) is 0 Å². The molecule has 11 nitrogen and oxygen atoms in total. The number of phosphoric acid groups is 1. The van der Waals surface area contributed by atoms with Crippen molar-refractivity contribution >= 4 is 25.7 Å². The van der Waals surface area contributed by atoms with E-state index in [2.05, 4.69) is 112 Å². The van der Waals surface area contributed by atoms with Gasteiger partial charge in [-0.3, -0.25) is 23.4 Å². The van der Waals surface area contributed by atoms with Gasteiger partial charge in [0.15, 0.2) is 6.10 Å². The van der Waals surface area contributed by atoms with Crippen LogP contribution in [0.5, 0.6) is 0 Å². The first-order valence-electron chi connectivity index (χ1n) is 27.8. The van der Waals surface area contributed by atoms with Gasteiger partial charge in [0.1, 0.15) is 12.7 Å². The predicted molar refractivity (Wildman–Crippen MR) is 297 cm³/mol. The van der Waals surface area contributed by atoms with Crippen molar-refractivity contribution < 1.29 is 52.2 Å². The number of phosphoric ester groups is 1. The van der Waals surface area contributed by atoms with Gasteiger partial charge >= 0.3 is 25.7 Å². The number of unbranched alkanes of at least 4 members (excludes halogenated alkanes) is 16. The van der Waals surface area contributed by atoms with Crippen molar-refractivity contribution in [3.63, 3.8) is 0 Å². The SMILES string of the molecule is CC/C=C\C/C=C\C/C=C\C/C=C\C/C=C\CC(=O)OCC(COP(=O)(O)OCC(CO)OC(=O)CCCCCCC/C=C\CCCCCC)OC(=O)CCCCCCCCC/C=C\C/C=C\C/C=C\CC. The molecular weight excluding hydrogens is 928 g/mol. The summed E-state index contributed by atoms with van der Waals surface area (Å²) in [5, 5.41) is 9.79. The van der Waals surface area contributed by atoms with E-state index in [-0.39, 0.29) is 19.3 Å². The maximum atomic E-state index is 12.9. The topological polar surface area (TPSA) is 155 Å². The van der Waals surface area contributed by atoms with E-state index in [1.807, 2.05) is 12.2 Å². The van der Waals surface area contributed by atoms with Gasteiger partial charge in [0, 0.05) is 12.8 Å². The third kappa shape index (κ3) is 51.1. The standard InChI is InChI=1S/C60H99O11P/c1-4-7-10-13-16-19-22-25-27-28-30-33-36-39-42-45-48-51-60(64)71-57(53-67-58(62)49-46-43-40-37-34-32-29-26-23-20-17-14-11-8-5-2)55-69-72(65,66)68-54-56(52-61)70-59(63)50-47-44-41-38-35-31-24-21-18-15-12-9-6-3/h7-8,10-11,16-17,19-21,24-27,29,34,37,43,46,56-57,61H,4-6,9,12-15,18,22-23,28,30-33,35-36,38-42,44-45,47-55H2,1-3H3,(H,65,66)/b10-7-,11-8-,19-16-,20-17-,24-21-,27-25-,29-26-,37-34-,46-43-. The third-order valence-electron chi connectivity index (χ3n) is 11.2. The number of rotatable bonds is 50. The van der Waals surface area contributed by atoms with E-state index in [4.69, 9.17) is 23.3 Å². The van der Waals surface area contributed by atoms with Crippen LogP contribution in [0.3, 0.4) is 0 Å². The second kappa shape index (κ2) is 53.4. The molecule has 0 aliphatic carbocycles. The van der Waals surface area contributed by atoms with Gasteiger partial charge in [-0.05, 0) is 103 Å². The number of allylic oxidation sites excluding steroid dienone is 17. The van der Waals surface area contributed by atoms with Crippen molar-refractivity contribution in [1.82, 2.24) is 0 Å². The van der Waals surface area contributed by atoms with Gasteiger partial charge in [0.2, 0.25) is 0 Å². The average Bonchev–Trinajstić information content (AvgIpc) is 3.37. The van der Waals surface area contributed by atoms with E-state index >= 15 is 0 Å². The van der Waals surface area contributed by atoms with E-state index in [9.17, 15) is 28.9 Å². The molecule has 72 heavy (non-hydrogen) atoms. The van der Waals surface area contributed by atoms with Crippen LogP contribution >= 0.6 is 7.82 Å². The molecule has 0 amide bonds. The van der Waals surface area contributed by atoms with Gasteiger partial charge in [-0.25, -0.2) is 4.57 Å². The van der Waals surface area contributed by atoms with Gasteiger partial charge in [0.05, 0.1) is 26.2 Å². The third-order valence-corrected chi connectivity index (χ3v) is 12.1. The van der Waals surface area contributed by atoms with Crippen LogP contribution in [0.25, 0.3) is 0 Å². The monoisotopic (exact) mass is 1030 g/mol. The summed E-state index contributed by atoms with van der Waals surface area (Å²) in [5.41, 5.74) is 0.